The third-order valence-corrected chi connectivity index (χ3v) is 2.82. The fourth-order valence-electron chi connectivity index (χ4n) is 1.81. The Labute approximate surface area is 97.7 Å². The molecule has 0 unspecified atom stereocenters. The lowest BCUT2D eigenvalue weighted by Crippen LogP contribution is -2.42. The standard InChI is InChI=1S/C13H20N2O/c1-5-8-12-10-15(9-11(12)6-2)14(4)13(16)7-3/h5-6,8H,2,7,9-10H2,1,3-4H3/b8-5-. The molecule has 0 saturated heterocycles. The molecule has 0 aliphatic carbocycles. The van der Waals surface area contributed by atoms with E-state index in [1.807, 2.05) is 38.1 Å². The van der Waals surface area contributed by atoms with Crippen molar-refractivity contribution < 1.29 is 4.79 Å². The first-order chi connectivity index (χ1) is 7.63. The molecule has 0 bridgehead atoms. The fourth-order valence-corrected chi connectivity index (χ4v) is 1.81. The average molecular weight is 220 g/mol. The minimum atomic E-state index is 0.144. The maximum Gasteiger partial charge on any atom is 0.236 e. The molecule has 16 heavy (non-hydrogen) atoms. The molecule has 0 aromatic carbocycles. The summed E-state index contributed by atoms with van der Waals surface area (Å²) >= 11 is 0. The van der Waals surface area contributed by atoms with Crippen LogP contribution in [0.3, 0.4) is 0 Å². The molecule has 1 rings (SSSR count). The molecule has 0 saturated carbocycles. The smallest absolute Gasteiger partial charge is 0.236 e. The zero-order valence-electron chi connectivity index (χ0n) is 10.4. The summed E-state index contributed by atoms with van der Waals surface area (Å²) in [4.78, 5) is 11.6. The Bertz CT molecular complexity index is 342. The largest absolute Gasteiger partial charge is 0.278 e. The van der Waals surface area contributed by atoms with Crippen LogP contribution in [0.4, 0.5) is 0 Å². The van der Waals surface area contributed by atoms with Crippen LogP contribution in [0.2, 0.25) is 0 Å². The summed E-state index contributed by atoms with van der Waals surface area (Å²) in [5, 5.41) is 3.75. The molecule has 0 fully saturated rings. The van der Waals surface area contributed by atoms with Gasteiger partial charge in [-0.05, 0) is 18.1 Å². The first kappa shape index (κ1) is 12.7. The average Bonchev–Trinajstić information content (AvgIpc) is 2.70. The van der Waals surface area contributed by atoms with E-state index >= 15 is 0 Å². The van der Waals surface area contributed by atoms with E-state index < -0.39 is 0 Å². The molecule has 1 heterocycles. The highest BCUT2D eigenvalue weighted by Crippen LogP contribution is 2.20. The second-order valence-electron chi connectivity index (χ2n) is 3.85. The molecule has 3 nitrogen and oxygen atoms in total. The zero-order chi connectivity index (χ0) is 12.1. The number of nitrogens with zero attached hydrogens (tertiary/aromatic N) is 2. The van der Waals surface area contributed by atoms with E-state index in [2.05, 4.69) is 12.7 Å². The number of carbonyl (C=O) groups is 1. The van der Waals surface area contributed by atoms with Crippen LogP contribution in [0.5, 0.6) is 0 Å². The predicted molar refractivity (Wildman–Crippen MR) is 66.7 cm³/mol. The molecule has 0 aromatic rings. The van der Waals surface area contributed by atoms with E-state index in [4.69, 9.17) is 0 Å². The van der Waals surface area contributed by atoms with E-state index in [-0.39, 0.29) is 5.91 Å². The van der Waals surface area contributed by atoms with Gasteiger partial charge >= 0.3 is 0 Å². The van der Waals surface area contributed by atoms with Gasteiger partial charge in [-0.15, -0.1) is 0 Å². The van der Waals surface area contributed by atoms with Gasteiger partial charge in [0.15, 0.2) is 0 Å². The summed E-state index contributed by atoms with van der Waals surface area (Å²) in [6.45, 7) is 9.24. The van der Waals surface area contributed by atoms with Crippen molar-refractivity contribution >= 4 is 5.91 Å². The van der Waals surface area contributed by atoms with Crippen molar-refractivity contribution in [3.63, 3.8) is 0 Å². The zero-order valence-corrected chi connectivity index (χ0v) is 10.4. The van der Waals surface area contributed by atoms with Gasteiger partial charge in [0.05, 0.1) is 0 Å². The molecule has 0 radical (unpaired) electrons. The van der Waals surface area contributed by atoms with E-state index in [1.54, 1.807) is 5.01 Å². The molecule has 3 heteroatoms. The first-order valence-electron chi connectivity index (χ1n) is 5.62. The highest BCUT2D eigenvalue weighted by Gasteiger charge is 2.23. The van der Waals surface area contributed by atoms with E-state index in [1.165, 1.54) is 11.1 Å². The van der Waals surface area contributed by atoms with Crippen LogP contribution in [0.15, 0.2) is 36.0 Å². The lowest BCUT2D eigenvalue weighted by atomic mass is 10.1. The number of allylic oxidation sites excluding steroid dienone is 1. The van der Waals surface area contributed by atoms with Gasteiger partial charge in [-0.1, -0.05) is 31.7 Å². The van der Waals surface area contributed by atoms with Gasteiger partial charge in [0.1, 0.15) is 0 Å². The number of rotatable bonds is 4. The fraction of sp³-hybridized carbons (Fsp3) is 0.462. The highest BCUT2D eigenvalue weighted by atomic mass is 16.2. The van der Waals surface area contributed by atoms with Gasteiger partial charge in [-0.2, -0.15) is 0 Å². The van der Waals surface area contributed by atoms with E-state index in [0.717, 1.165) is 13.1 Å². The summed E-state index contributed by atoms with van der Waals surface area (Å²) in [6.07, 6.45) is 6.51. The van der Waals surface area contributed by atoms with Crippen molar-refractivity contribution in [1.82, 2.24) is 10.0 Å². The molecule has 0 N–H and O–H groups in total. The monoisotopic (exact) mass is 220 g/mol. The topological polar surface area (TPSA) is 23.6 Å². The molecule has 0 atom stereocenters. The van der Waals surface area contributed by atoms with Crippen LogP contribution in [-0.2, 0) is 4.79 Å². The van der Waals surface area contributed by atoms with Crippen molar-refractivity contribution in [3.8, 4) is 0 Å². The number of hydrogen-bond acceptors (Lipinski definition) is 2. The lowest BCUT2D eigenvalue weighted by Gasteiger charge is -2.27. The van der Waals surface area contributed by atoms with Gasteiger partial charge in [0.2, 0.25) is 5.91 Å². The van der Waals surface area contributed by atoms with E-state index in [0.29, 0.717) is 6.42 Å². The molecule has 1 aliphatic rings. The SMILES string of the molecule is C=CC1=C(/C=C\C)CN(N(C)C(=O)CC)C1. The Kier molecular flexibility index (Phi) is 4.50. The van der Waals surface area contributed by atoms with E-state index in [9.17, 15) is 4.79 Å². The maximum absolute atomic E-state index is 11.6. The number of hydrogen-bond donors (Lipinski definition) is 0. The van der Waals surface area contributed by atoms with Crippen molar-refractivity contribution in [2.75, 3.05) is 20.1 Å². The van der Waals surface area contributed by atoms with Gasteiger partial charge in [-0.3, -0.25) is 9.80 Å². The lowest BCUT2D eigenvalue weighted by molar-refractivity contribution is -0.143. The van der Waals surface area contributed by atoms with Gasteiger partial charge in [0.25, 0.3) is 0 Å². The maximum atomic E-state index is 11.6. The normalized spacial score (nSPS) is 17.2. The third kappa shape index (κ3) is 2.61. The second kappa shape index (κ2) is 5.66. The molecule has 0 aromatic heterocycles. The van der Waals surface area contributed by atoms with Crippen LogP contribution in [0.1, 0.15) is 20.3 Å². The number of carbonyl (C=O) groups excluding carboxylic acids is 1. The van der Waals surface area contributed by atoms with Crippen LogP contribution in [0.25, 0.3) is 0 Å². The Morgan fingerprint density at radius 1 is 1.50 bits per heavy atom. The number of amides is 1. The van der Waals surface area contributed by atoms with Crippen molar-refractivity contribution in [1.29, 1.82) is 0 Å². The van der Waals surface area contributed by atoms with Crippen LogP contribution in [-0.4, -0.2) is 36.1 Å². The quantitative estimate of drug-likeness (QED) is 0.724. The van der Waals surface area contributed by atoms with Crippen LogP contribution >= 0.6 is 0 Å². The summed E-state index contributed by atoms with van der Waals surface area (Å²) < 4.78 is 0. The molecule has 0 spiro atoms. The summed E-state index contributed by atoms with van der Waals surface area (Å²) in [5.74, 6) is 0.144. The van der Waals surface area contributed by atoms with Crippen LogP contribution in [0, 0.1) is 0 Å². The Morgan fingerprint density at radius 2 is 2.12 bits per heavy atom. The van der Waals surface area contributed by atoms with Crippen LogP contribution < -0.4 is 0 Å². The van der Waals surface area contributed by atoms with Gasteiger partial charge in [-0.25, -0.2) is 5.01 Å². The summed E-state index contributed by atoms with van der Waals surface area (Å²) in [7, 11) is 1.82. The molecule has 1 amide bonds. The second-order valence-corrected chi connectivity index (χ2v) is 3.85. The van der Waals surface area contributed by atoms with Crippen molar-refractivity contribution in [2.45, 2.75) is 20.3 Å². The first-order valence-corrected chi connectivity index (χ1v) is 5.62. The minimum Gasteiger partial charge on any atom is -0.278 e. The predicted octanol–water partition coefficient (Wildman–Crippen LogP) is 2.14. The molecular formula is C13H20N2O. The Balaban J connectivity index is 2.73. The summed E-state index contributed by atoms with van der Waals surface area (Å²) in [5.41, 5.74) is 2.45. The van der Waals surface area contributed by atoms with Crippen molar-refractivity contribution in [3.05, 3.63) is 36.0 Å². The molecule has 88 valence electrons. The van der Waals surface area contributed by atoms with Crippen molar-refractivity contribution in [2.24, 2.45) is 0 Å². The third-order valence-electron chi connectivity index (χ3n) is 2.82. The van der Waals surface area contributed by atoms with Gasteiger partial charge in [0, 0.05) is 26.6 Å². The molecular weight excluding hydrogens is 200 g/mol. The minimum absolute atomic E-state index is 0.144. The Morgan fingerprint density at radius 3 is 2.62 bits per heavy atom. The molecule has 1 aliphatic heterocycles. The van der Waals surface area contributed by atoms with Gasteiger partial charge < -0.3 is 0 Å². The summed E-state index contributed by atoms with van der Waals surface area (Å²) in [6, 6.07) is 0. The number of hydrazine groups is 1. The highest BCUT2D eigenvalue weighted by molar-refractivity contribution is 5.75. The Hall–Kier alpha value is -1.35.